The molecular weight excluding hydrogens is 412 g/mol. The number of benzene rings is 3. The van der Waals surface area contributed by atoms with Gasteiger partial charge in [0.05, 0.1) is 5.52 Å². The standard InChI is InChI=1S/C32H34N2/c1-4-14-26(15-5-1)30(19-10-13-23-34-21-11-3-12-22-34)32(27-16-6-2-7-17-27)29-24-28-18-8-9-20-31(28)33-25-29/h1-2,4-9,14-18,20,24-25H,3,10-13,19,21-23H2/b32-30-. The van der Waals surface area contributed by atoms with Crippen LogP contribution in [0.1, 0.15) is 55.2 Å². The van der Waals surface area contributed by atoms with Crippen molar-refractivity contribution in [2.45, 2.75) is 38.5 Å². The van der Waals surface area contributed by atoms with E-state index < -0.39 is 0 Å². The van der Waals surface area contributed by atoms with Gasteiger partial charge >= 0.3 is 0 Å². The molecule has 0 amide bonds. The fraction of sp³-hybridized carbons (Fsp3) is 0.281. The number of rotatable bonds is 8. The molecular formula is C32H34N2. The summed E-state index contributed by atoms with van der Waals surface area (Å²) in [4.78, 5) is 7.47. The van der Waals surface area contributed by atoms with Gasteiger partial charge in [-0.1, -0.05) is 85.3 Å². The molecule has 0 saturated carbocycles. The molecule has 0 N–H and O–H groups in total. The Morgan fingerprint density at radius 2 is 1.35 bits per heavy atom. The molecule has 0 spiro atoms. The Kier molecular flexibility index (Phi) is 7.47. The zero-order chi connectivity index (χ0) is 23.0. The molecule has 0 atom stereocenters. The van der Waals surface area contributed by atoms with E-state index in [2.05, 4.69) is 102 Å². The number of allylic oxidation sites excluding steroid dienone is 1. The van der Waals surface area contributed by atoms with E-state index in [1.54, 1.807) is 0 Å². The lowest BCUT2D eigenvalue weighted by molar-refractivity contribution is 0.225. The van der Waals surface area contributed by atoms with Gasteiger partial charge in [0, 0.05) is 17.1 Å². The highest BCUT2D eigenvalue weighted by Crippen LogP contribution is 2.36. The molecule has 1 aliphatic rings. The highest BCUT2D eigenvalue weighted by molar-refractivity contribution is 6.00. The van der Waals surface area contributed by atoms with Crippen molar-refractivity contribution in [1.29, 1.82) is 0 Å². The van der Waals surface area contributed by atoms with Crippen molar-refractivity contribution in [1.82, 2.24) is 9.88 Å². The van der Waals surface area contributed by atoms with Gasteiger partial charge in [-0.2, -0.15) is 0 Å². The summed E-state index contributed by atoms with van der Waals surface area (Å²) in [6, 6.07) is 32.5. The minimum absolute atomic E-state index is 1.04. The molecule has 5 rings (SSSR count). The van der Waals surface area contributed by atoms with Crippen molar-refractivity contribution >= 4 is 22.0 Å². The number of aromatic nitrogens is 1. The molecule has 0 bridgehead atoms. The average molecular weight is 447 g/mol. The van der Waals surface area contributed by atoms with E-state index in [9.17, 15) is 0 Å². The predicted molar refractivity (Wildman–Crippen MR) is 145 cm³/mol. The number of unbranched alkanes of at least 4 members (excludes halogenated alkanes) is 1. The summed E-state index contributed by atoms with van der Waals surface area (Å²) in [6.07, 6.45) is 9.69. The van der Waals surface area contributed by atoms with Crippen LogP contribution in [0.2, 0.25) is 0 Å². The van der Waals surface area contributed by atoms with Crippen LogP contribution in [0.3, 0.4) is 0 Å². The number of pyridine rings is 1. The van der Waals surface area contributed by atoms with Gasteiger partial charge in [0.1, 0.15) is 0 Å². The van der Waals surface area contributed by atoms with Crippen molar-refractivity contribution in [3.8, 4) is 0 Å². The number of hydrogen-bond donors (Lipinski definition) is 0. The summed E-state index contributed by atoms with van der Waals surface area (Å²) in [5.41, 5.74) is 7.54. The van der Waals surface area contributed by atoms with E-state index in [1.165, 1.54) is 85.0 Å². The zero-order valence-electron chi connectivity index (χ0n) is 20.0. The molecule has 2 heteroatoms. The van der Waals surface area contributed by atoms with Crippen molar-refractivity contribution in [2.24, 2.45) is 0 Å². The van der Waals surface area contributed by atoms with Crippen LogP contribution < -0.4 is 0 Å². The SMILES string of the molecule is c1ccc(/C(CCCCN2CCCCC2)=C(/c2ccccc2)c2cnc3ccccc3c2)cc1. The Bertz CT molecular complexity index is 1220. The van der Waals surface area contributed by atoms with Gasteiger partial charge in [-0.05, 0) is 86.1 Å². The first-order chi connectivity index (χ1) is 16.9. The first-order valence-corrected chi connectivity index (χ1v) is 12.8. The molecule has 172 valence electrons. The predicted octanol–water partition coefficient (Wildman–Crippen LogP) is 7.85. The molecule has 0 aliphatic carbocycles. The summed E-state index contributed by atoms with van der Waals surface area (Å²) in [5.74, 6) is 0. The Balaban J connectivity index is 1.53. The van der Waals surface area contributed by atoms with E-state index >= 15 is 0 Å². The van der Waals surface area contributed by atoms with E-state index in [-0.39, 0.29) is 0 Å². The van der Waals surface area contributed by atoms with E-state index in [0.29, 0.717) is 0 Å². The highest BCUT2D eigenvalue weighted by Gasteiger charge is 2.16. The highest BCUT2D eigenvalue weighted by atomic mass is 15.1. The minimum Gasteiger partial charge on any atom is -0.303 e. The second kappa shape index (κ2) is 11.3. The van der Waals surface area contributed by atoms with Gasteiger partial charge in [-0.25, -0.2) is 0 Å². The molecule has 34 heavy (non-hydrogen) atoms. The van der Waals surface area contributed by atoms with Crippen molar-refractivity contribution in [3.05, 3.63) is 114 Å². The third kappa shape index (κ3) is 5.46. The van der Waals surface area contributed by atoms with E-state index in [4.69, 9.17) is 4.98 Å². The topological polar surface area (TPSA) is 16.1 Å². The van der Waals surface area contributed by atoms with Crippen LogP contribution in [-0.2, 0) is 0 Å². The lowest BCUT2D eigenvalue weighted by atomic mass is 9.87. The van der Waals surface area contributed by atoms with Gasteiger partial charge in [0.2, 0.25) is 0 Å². The lowest BCUT2D eigenvalue weighted by Crippen LogP contribution is -2.30. The molecule has 4 aromatic rings. The van der Waals surface area contributed by atoms with Crippen LogP contribution in [0.5, 0.6) is 0 Å². The van der Waals surface area contributed by atoms with Crippen molar-refractivity contribution in [2.75, 3.05) is 19.6 Å². The van der Waals surface area contributed by atoms with Gasteiger partial charge < -0.3 is 4.90 Å². The van der Waals surface area contributed by atoms with Crippen LogP contribution >= 0.6 is 0 Å². The number of para-hydroxylation sites is 1. The van der Waals surface area contributed by atoms with E-state index in [1.807, 2.05) is 0 Å². The molecule has 2 nitrogen and oxygen atoms in total. The fourth-order valence-electron chi connectivity index (χ4n) is 5.20. The van der Waals surface area contributed by atoms with Crippen LogP contribution in [0.25, 0.3) is 22.0 Å². The third-order valence-electron chi connectivity index (χ3n) is 6.97. The van der Waals surface area contributed by atoms with E-state index in [0.717, 1.165) is 11.9 Å². The van der Waals surface area contributed by atoms with Gasteiger partial charge in [0.15, 0.2) is 0 Å². The number of fused-ring (bicyclic) bond motifs is 1. The number of piperidine rings is 1. The van der Waals surface area contributed by atoms with Crippen LogP contribution in [-0.4, -0.2) is 29.5 Å². The summed E-state index contributed by atoms with van der Waals surface area (Å²) < 4.78 is 0. The lowest BCUT2D eigenvalue weighted by Gasteiger charge is -2.26. The van der Waals surface area contributed by atoms with Crippen LogP contribution in [0, 0.1) is 0 Å². The summed E-state index contributed by atoms with van der Waals surface area (Å²) in [7, 11) is 0. The van der Waals surface area contributed by atoms with Crippen LogP contribution in [0.4, 0.5) is 0 Å². The monoisotopic (exact) mass is 446 g/mol. The summed E-state index contributed by atoms with van der Waals surface area (Å²) in [5, 5.41) is 1.19. The number of hydrogen-bond acceptors (Lipinski definition) is 2. The molecule has 0 unspecified atom stereocenters. The zero-order valence-corrected chi connectivity index (χ0v) is 20.0. The summed E-state index contributed by atoms with van der Waals surface area (Å²) in [6.45, 7) is 3.78. The third-order valence-corrected chi connectivity index (χ3v) is 6.97. The van der Waals surface area contributed by atoms with Gasteiger partial charge in [0.25, 0.3) is 0 Å². The molecule has 1 fully saturated rings. The smallest absolute Gasteiger partial charge is 0.0702 e. The van der Waals surface area contributed by atoms with Crippen molar-refractivity contribution in [3.63, 3.8) is 0 Å². The molecule has 1 saturated heterocycles. The first kappa shape index (κ1) is 22.6. The first-order valence-electron chi connectivity index (χ1n) is 12.8. The van der Waals surface area contributed by atoms with Gasteiger partial charge in [-0.15, -0.1) is 0 Å². The Hall–Kier alpha value is -3.23. The molecule has 2 heterocycles. The number of likely N-dealkylation sites (tertiary alicyclic amines) is 1. The quantitative estimate of drug-likeness (QED) is 0.202. The fourth-order valence-corrected chi connectivity index (χ4v) is 5.20. The maximum absolute atomic E-state index is 4.82. The van der Waals surface area contributed by atoms with Crippen molar-refractivity contribution < 1.29 is 0 Å². The normalized spacial score (nSPS) is 15.3. The number of nitrogens with zero attached hydrogens (tertiary/aromatic N) is 2. The van der Waals surface area contributed by atoms with Crippen LogP contribution in [0.15, 0.2) is 97.2 Å². The Morgan fingerprint density at radius 3 is 2.12 bits per heavy atom. The Morgan fingerprint density at radius 1 is 0.676 bits per heavy atom. The molecule has 3 aromatic carbocycles. The molecule has 1 aliphatic heterocycles. The second-order valence-electron chi connectivity index (χ2n) is 9.36. The Labute approximate surface area is 204 Å². The average Bonchev–Trinajstić information content (AvgIpc) is 2.92. The second-order valence-corrected chi connectivity index (χ2v) is 9.36. The summed E-state index contributed by atoms with van der Waals surface area (Å²) >= 11 is 0. The maximum atomic E-state index is 4.82. The minimum atomic E-state index is 1.04. The molecule has 0 radical (unpaired) electrons. The van der Waals surface area contributed by atoms with Gasteiger partial charge in [-0.3, -0.25) is 4.98 Å². The molecule has 1 aromatic heterocycles. The largest absolute Gasteiger partial charge is 0.303 e. The maximum Gasteiger partial charge on any atom is 0.0702 e.